The summed E-state index contributed by atoms with van der Waals surface area (Å²) in [6.45, 7) is 3.37. The van der Waals surface area contributed by atoms with Gasteiger partial charge in [0, 0.05) is 24.5 Å². The molecule has 104 valence electrons. The van der Waals surface area contributed by atoms with Gasteiger partial charge in [0.15, 0.2) is 0 Å². The number of fused-ring (bicyclic) bond motifs is 2. The fraction of sp³-hybridized carbons (Fsp3) is 0.929. The van der Waals surface area contributed by atoms with E-state index in [1.54, 1.807) is 0 Å². The van der Waals surface area contributed by atoms with Crippen molar-refractivity contribution >= 4 is 5.97 Å². The molecule has 0 aromatic rings. The second-order valence-corrected chi connectivity index (χ2v) is 5.62. The lowest BCUT2D eigenvalue weighted by molar-refractivity contribution is -0.143. The molecule has 2 aliphatic heterocycles. The smallest absolute Gasteiger partial charge is 0.305 e. The van der Waals surface area contributed by atoms with E-state index in [-0.39, 0.29) is 5.97 Å². The summed E-state index contributed by atoms with van der Waals surface area (Å²) in [7, 11) is 0. The van der Waals surface area contributed by atoms with E-state index in [1.165, 1.54) is 19.3 Å². The number of rotatable bonds is 5. The second kappa shape index (κ2) is 6.53. The number of hydrogen-bond donors (Lipinski definition) is 1. The van der Waals surface area contributed by atoms with Crippen molar-refractivity contribution in [2.45, 2.75) is 70.0 Å². The Bertz CT molecular complexity index is 269. The van der Waals surface area contributed by atoms with E-state index in [2.05, 4.69) is 4.90 Å². The average molecular weight is 254 g/mol. The summed E-state index contributed by atoms with van der Waals surface area (Å²) in [6.07, 6.45) is 7.65. The van der Waals surface area contributed by atoms with Crippen LogP contribution in [0.5, 0.6) is 0 Å². The summed E-state index contributed by atoms with van der Waals surface area (Å²) < 4.78 is 4.96. The highest BCUT2D eigenvalue weighted by Gasteiger charge is 2.36. The van der Waals surface area contributed by atoms with Crippen LogP contribution in [-0.2, 0) is 9.53 Å². The first-order valence-corrected chi connectivity index (χ1v) is 7.37. The predicted molar refractivity (Wildman–Crippen MR) is 71.2 cm³/mol. The number of nitrogens with zero attached hydrogens (tertiary/aromatic N) is 1. The second-order valence-electron chi connectivity index (χ2n) is 5.62. The van der Waals surface area contributed by atoms with Crippen molar-refractivity contribution in [1.82, 2.24) is 4.90 Å². The molecule has 2 N–H and O–H groups in total. The molecule has 0 aromatic heterocycles. The Morgan fingerprint density at radius 3 is 2.61 bits per heavy atom. The molecule has 18 heavy (non-hydrogen) atoms. The molecule has 2 fully saturated rings. The Balaban J connectivity index is 1.76. The quantitative estimate of drug-likeness (QED) is 0.758. The summed E-state index contributed by atoms with van der Waals surface area (Å²) in [4.78, 5) is 13.9. The number of carbonyl (C=O) groups is 1. The van der Waals surface area contributed by atoms with Crippen LogP contribution < -0.4 is 5.73 Å². The van der Waals surface area contributed by atoms with E-state index < -0.39 is 0 Å². The molecule has 2 saturated heterocycles. The highest BCUT2D eigenvalue weighted by Crippen LogP contribution is 2.33. The normalized spacial score (nSPS) is 32.2. The lowest BCUT2D eigenvalue weighted by Crippen LogP contribution is -2.55. The molecule has 2 bridgehead atoms. The first kappa shape index (κ1) is 13.8. The molecule has 2 unspecified atom stereocenters. The van der Waals surface area contributed by atoms with Crippen LogP contribution in [0.3, 0.4) is 0 Å². The zero-order chi connectivity index (χ0) is 13.0. The maximum Gasteiger partial charge on any atom is 0.305 e. The van der Waals surface area contributed by atoms with Gasteiger partial charge < -0.3 is 10.5 Å². The highest BCUT2D eigenvalue weighted by molar-refractivity contribution is 5.69. The number of piperidine rings is 2. The average Bonchev–Trinajstić information content (AvgIpc) is 2.30. The maximum absolute atomic E-state index is 11.3. The van der Waals surface area contributed by atoms with Crippen molar-refractivity contribution in [3.63, 3.8) is 0 Å². The maximum atomic E-state index is 11.3. The molecule has 4 heteroatoms. The fourth-order valence-electron chi connectivity index (χ4n) is 3.52. The highest BCUT2D eigenvalue weighted by atomic mass is 16.5. The van der Waals surface area contributed by atoms with E-state index in [0.29, 0.717) is 31.2 Å². The third-order valence-electron chi connectivity index (χ3n) is 4.26. The van der Waals surface area contributed by atoms with E-state index in [1.807, 2.05) is 6.92 Å². The van der Waals surface area contributed by atoms with Crippen molar-refractivity contribution in [2.24, 2.45) is 5.73 Å². The van der Waals surface area contributed by atoms with Gasteiger partial charge in [0.1, 0.15) is 0 Å². The van der Waals surface area contributed by atoms with Crippen LogP contribution in [0.4, 0.5) is 0 Å². The SMILES string of the molecule is CCOC(=O)CCCN1C2CCCC1CC(N)C2. The number of ether oxygens (including phenoxy) is 1. The fourth-order valence-corrected chi connectivity index (χ4v) is 3.52. The van der Waals surface area contributed by atoms with Crippen LogP contribution in [0.15, 0.2) is 0 Å². The van der Waals surface area contributed by atoms with Gasteiger partial charge in [-0.15, -0.1) is 0 Å². The Morgan fingerprint density at radius 1 is 1.33 bits per heavy atom. The van der Waals surface area contributed by atoms with Gasteiger partial charge in [-0.1, -0.05) is 6.42 Å². The summed E-state index contributed by atoms with van der Waals surface area (Å²) in [6, 6.07) is 1.71. The van der Waals surface area contributed by atoms with Gasteiger partial charge in [-0.05, 0) is 45.6 Å². The molecule has 2 rings (SSSR count). The van der Waals surface area contributed by atoms with Gasteiger partial charge in [-0.2, -0.15) is 0 Å². The third-order valence-corrected chi connectivity index (χ3v) is 4.26. The minimum absolute atomic E-state index is 0.0589. The summed E-state index contributed by atoms with van der Waals surface area (Å²) >= 11 is 0. The van der Waals surface area contributed by atoms with Crippen molar-refractivity contribution < 1.29 is 9.53 Å². The van der Waals surface area contributed by atoms with E-state index in [9.17, 15) is 4.79 Å². The van der Waals surface area contributed by atoms with Crippen LogP contribution in [0.25, 0.3) is 0 Å². The van der Waals surface area contributed by atoms with Crippen LogP contribution in [0.2, 0.25) is 0 Å². The van der Waals surface area contributed by atoms with Crippen LogP contribution in [0, 0.1) is 0 Å². The van der Waals surface area contributed by atoms with Gasteiger partial charge in [0.25, 0.3) is 0 Å². The first-order chi connectivity index (χ1) is 8.70. The molecule has 0 radical (unpaired) electrons. The zero-order valence-corrected chi connectivity index (χ0v) is 11.4. The van der Waals surface area contributed by atoms with Gasteiger partial charge >= 0.3 is 5.97 Å². The first-order valence-electron chi connectivity index (χ1n) is 7.37. The standard InChI is InChI=1S/C14H26N2O2/c1-2-18-14(17)7-4-8-16-12-5-3-6-13(16)10-11(15)9-12/h11-13H,2-10,15H2,1H3. The molecule has 0 aromatic carbocycles. The van der Waals surface area contributed by atoms with Gasteiger partial charge in [0.2, 0.25) is 0 Å². The van der Waals surface area contributed by atoms with Crippen LogP contribution in [0.1, 0.15) is 51.9 Å². The number of carbonyl (C=O) groups excluding carboxylic acids is 1. The molecule has 2 heterocycles. The van der Waals surface area contributed by atoms with E-state index in [4.69, 9.17) is 10.5 Å². The van der Waals surface area contributed by atoms with Crippen molar-refractivity contribution in [3.8, 4) is 0 Å². The largest absolute Gasteiger partial charge is 0.466 e. The molecule has 0 aliphatic carbocycles. The number of hydrogen-bond acceptors (Lipinski definition) is 4. The van der Waals surface area contributed by atoms with Gasteiger partial charge in [-0.25, -0.2) is 0 Å². The Hall–Kier alpha value is -0.610. The number of esters is 1. The van der Waals surface area contributed by atoms with Crippen molar-refractivity contribution in [1.29, 1.82) is 0 Å². The van der Waals surface area contributed by atoms with Crippen LogP contribution in [-0.4, -0.2) is 42.1 Å². The van der Waals surface area contributed by atoms with Crippen molar-refractivity contribution in [3.05, 3.63) is 0 Å². The van der Waals surface area contributed by atoms with Gasteiger partial charge in [-0.3, -0.25) is 9.69 Å². The topological polar surface area (TPSA) is 55.6 Å². The monoisotopic (exact) mass is 254 g/mol. The Labute approximate surface area is 110 Å². The van der Waals surface area contributed by atoms with E-state index >= 15 is 0 Å². The Morgan fingerprint density at radius 2 is 2.00 bits per heavy atom. The Kier molecular flexibility index (Phi) is 5.01. The van der Waals surface area contributed by atoms with Crippen LogP contribution >= 0.6 is 0 Å². The molecule has 2 aliphatic rings. The predicted octanol–water partition coefficient (Wildman–Crippen LogP) is 1.67. The number of nitrogens with two attached hydrogens (primary N) is 1. The minimum atomic E-state index is -0.0589. The summed E-state index contributed by atoms with van der Waals surface area (Å²) in [5, 5.41) is 0. The zero-order valence-electron chi connectivity index (χ0n) is 11.4. The molecule has 0 spiro atoms. The lowest BCUT2D eigenvalue weighted by Gasteiger charge is -2.48. The van der Waals surface area contributed by atoms with E-state index in [0.717, 1.165) is 25.8 Å². The molecule has 2 atom stereocenters. The minimum Gasteiger partial charge on any atom is -0.466 e. The van der Waals surface area contributed by atoms with Crippen molar-refractivity contribution in [2.75, 3.05) is 13.2 Å². The molecule has 0 amide bonds. The summed E-state index contributed by atoms with van der Waals surface area (Å²) in [5.74, 6) is -0.0589. The van der Waals surface area contributed by atoms with Gasteiger partial charge in [0.05, 0.1) is 6.61 Å². The third kappa shape index (κ3) is 3.45. The molecular weight excluding hydrogens is 228 g/mol. The molecular formula is C14H26N2O2. The summed E-state index contributed by atoms with van der Waals surface area (Å²) in [5.41, 5.74) is 6.10. The lowest BCUT2D eigenvalue weighted by atomic mass is 9.82. The molecule has 4 nitrogen and oxygen atoms in total. The molecule has 0 saturated carbocycles.